The summed E-state index contributed by atoms with van der Waals surface area (Å²) < 4.78 is 11.9. The molecule has 9 heteroatoms. The Morgan fingerprint density at radius 2 is 1.65 bits per heavy atom. The van der Waals surface area contributed by atoms with Crippen LogP contribution in [0.5, 0.6) is 0 Å². The van der Waals surface area contributed by atoms with E-state index in [9.17, 15) is 14.4 Å². The van der Waals surface area contributed by atoms with E-state index in [0.29, 0.717) is 0 Å². The van der Waals surface area contributed by atoms with Crippen LogP contribution in [0.3, 0.4) is 0 Å². The summed E-state index contributed by atoms with van der Waals surface area (Å²) in [5, 5.41) is 0. The van der Waals surface area contributed by atoms with Crippen LogP contribution >= 0.6 is 0 Å². The van der Waals surface area contributed by atoms with E-state index in [4.69, 9.17) is 0 Å². The molecule has 8 nitrogen and oxygen atoms in total. The summed E-state index contributed by atoms with van der Waals surface area (Å²) in [5.41, 5.74) is 0. The second-order valence-electron chi connectivity index (χ2n) is 3.78. The minimum atomic E-state index is -0.617. The molecule has 0 atom stereocenters. The summed E-state index contributed by atoms with van der Waals surface area (Å²) >= 11 is 0. The SMILES string of the molecule is COC(=O)CN(CC(=O)OC)C(=O)n1cc[n+](C)c1.[I-]. The van der Waals surface area contributed by atoms with Gasteiger partial charge in [-0.3, -0.25) is 14.5 Å². The van der Waals surface area contributed by atoms with Crippen molar-refractivity contribution in [1.29, 1.82) is 0 Å². The molecule has 112 valence electrons. The second-order valence-corrected chi connectivity index (χ2v) is 3.78. The van der Waals surface area contributed by atoms with Gasteiger partial charge in [-0.2, -0.15) is 4.57 Å². The predicted octanol–water partition coefficient (Wildman–Crippen LogP) is -4.07. The largest absolute Gasteiger partial charge is 1.00 e. The zero-order valence-corrected chi connectivity index (χ0v) is 13.6. The molecule has 0 radical (unpaired) electrons. The molecule has 0 aromatic carbocycles. The van der Waals surface area contributed by atoms with E-state index < -0.39 is 18.0 Å². The van der Waals surface area contributed by atoms with E-state index in [1.807, 2.05) is 0 Å². The Labute approximate surface area is 133 Å². The van der Waals surface area contributed by atoms with Gasteiger partial charge in [0.25, 0.3) is 6.33 Å². The van der Waals surface area contributed by atoms with Gasteiger partial charge >= 0.3 is 18.0 Å². The van der Waals surface area contributed by atoms with E-state index >= 15 is 0 Å². The molecule has 0 aliphatic rings. The lowest BCUT2D eigenvalue weighted by molar-refractivity contribution is -0.670. The summed E-state index contributed by atoms with van der Waals surface area (Å²) in [6, 6.07) is -0.517. The fourth-order valence-corrected chi connectivity index (χ4v) is 1.36. The molecule has 0 saturated carbocycles. The lowest BCUT2D eigenvalue weighted by Crippen LogP contribution is -3.00. The summed E-state index contributed by atoms with van der Waals surface area (Å²) in [4.78, 5) is 35.7. The highest BCUT2D eigenvalue weighted by Gasteiger charge is 2.26. The van der Waals surface area contributed by atoms with Crippen LogP contribution in [-0.4, -0.2) is 54.7 Å². The zero-order valence-electron chi connectivity index (χ0n) is 11.4. The third kappa shape index (κ3) is 5.15. The third-order valence-electron chi connectivity index (χ3n) is 2.36. The Bertz CT molecular complexity index is 470. The minimum absolute atomic E-state index is 0. The molecule has 20 heavy (non-hydrogen) atoms. The maximum atomic E-state index is 12.1. The predicted molar refractivity (Wildman–Crippen MR) is 62.0 cm³/mol. The molecule has 0 fully saturated rings. The fraction of sp³-hybridized carbons (Fsp3) is 0.455. The summed E-state index contributed by atoms with van der Waals surface area (Å²) in [5.74, 6) is -1.23. The minimum Gasteiger partial charge on any atom is -1.00 e. The number of nitrogens with zero attached hydrogens (tertiary/aromatic N) is 3. The molecule has 0 saturated heterocycles. The first kappa shape index (κ1) is 18.4. The van der Waals surface area contributed by atoms with Crippen LogP contribution in [0, 0.1) is 0 Å². The van der Waals surface area contributed by atoms with Crippen molar-refractivity contribution in [2.75, 3.05) is 27.3 Å². The zero-order chi connectivity index (χ0) is 14.4. The van der Waals surface area contributed by atoms with E-state index in [1.165, 1.54) is 31.3 Å². The average molecular weight is 397 g/mol. The van der Waals surface area contributed by atoms with Gasteiger partial charge in [0.1, 0.15) is 25.5 Å². The Morgan fingerprint density at radius 1 is 1.15 bits per heavy atom. The number of halogens is 1. The number of ether oxygens (including phenoxy) is 2. The first-order valence-corrected chi connectivity index (χ1v) is 5.44. The first-order valence-electron chi connectivity index (χ1n) is 5.44. The normalized spacial score (nSPS) is 9.35. The van der Waals surface area contributed by atoms with Crippen LogP contribution in [0.15, 0.2) is 18.7 Å². The fourth-order valence-electron chi connectivity index (χ4n) is 1.36. The molecule has 0 aliphatic carbocycles. The number of methoxy groups -OCH3 is 2. The highest BCUT2D eigenvalue weighted by atomic mass is 127. The second kappa shape index (κ2) is 8.51. The van der Waals surface area contributed by atoms with Gasteiger partial charge in [-0.05, 0) is 0 Å². The number of aryl methyl sites for hydroxylation is 1. The lowest BCUT2D eigenvalue weighted by atomic mass is 10.5. The highest BCUT2D eigenvalue weighted by Crippen LogP contribution is 1.98. The molecular weight excluding hydrogens is 381 g/mol. The monoisotopic (exact) mass is 397 g/mol. The van der Waals surface area contributed by atoms with E-state index in [1.54, 1.807) is 17.8 Å². The number of carbonyl (C=O) groups is 3. The summed E-state index contributed by atoms with van der Waals surface area (Å²) in [6.45, 7) is -0.654. The Kier molecular flexibility index (Phi) is 7.80. The maximum absolute atomic E-state index is 12.1. The van der Waals surface area contributed by atoms with Crippen molar-refractivity contribution < 1.29 is 52.4 Å². The summed E-state index contributed by atoms with van der Waals surface area (Å²) in [7, 11) is 4.16. The molecule has 1 amide bonds. The van der Waals surface area contributed by atoms with Gasteiger partial charge in [0, 0.05) is 0 Å². The van der Waals surface area contributed by atoms with E-state index in [2.05, 4.69) is 9.47 Å². The molecule has 1 heterocycles. The van der Waals surface area contributed by atoms with Crippen molar-refractivity contribution in [1.82, 2.24) is 9.47 Å². The van der Waals surface area contributed by atoms with Gasteiger partial charge in [-0.15, -0.1) is 0 Å². The van der Waals surface area contributed by atoms with Crippen molar-refractivity contribution >= 4 is 18.0 Å². The molecule has 0 unspecified atom stereocenters. The third-order valence-corrected chi connectivity index (χ3v) is 2.36. The maximum Gasteiger partial charge on any atom is 0.416 e. The first-order chi connectivity index (χ1) is 8.97. The standard InChI is InChI=1S/C11H16N3O5.HI/c1-12-4-5-13(8-12)11(17)14(6-9(15)18-2)7-10(16)19-3;/h4-5,8H,6-7H2,1-3H3;1H/q+1;/p-1. The van der Waals surface area contributed by atoms with Gasteiger partial charge < -0.3 is 33.5 Å². The number of rotatable bonds is 4. The topological polar surface area (TPSA) is 81.7 Å². The highest BCUT2D eigenvalue weighted by molar-refractivity contribution is 5.86. The quantitative estimate of drug-likeness (QED) is 0.294. The number of imidazole rings is 1. The Hall–Kier alpha value is -1.65. The number of hydrogen-bond acceptors (Lipinski definition) is 5. The Morgan fingerprint density at radius 3 is 2.00 bits per heavy atom. The van der Waals surface area contributed by atoms with Crippen LogP contribution in [0.25, 0.3) is 0 Å². The van der Waals surface area contributed by atoms with Crippen LogP contribution in [-0.2, 0) is 26.1 Å². The van der Waals surface area contributed by atoms with Gasteiger partial charge in [0.05, 0.1) is 21.3 Å². The van der Waals surface area contributed by atoms with Crippen molar-refractivity contribution in [2.24, 2.45) is 7.05 Å². The van der Waals surface area contributed by atoms with Crippen molar-refractivity contribution in [3.8, 4) is 0 Å². The van der Waals surface area contributed by atoms with E-state index in [-0.39, 0.29) is 37.1 Å². The molecule has 0 spiro atoms. The summed E-state index contributed by atoms with van der Waals surface area (Å²) in [6.07, 6.45) is 4.69. The van der Waals surface area contributed by atoms with Crippen molar-refractivity contribution in [3.63, 3.8) is 0 Å². The molecule has 1 aromatic rings. The lowest BCUT2D eigenvalue weighted by Gasteiger charge is -2.16. The average Bonchev–Trinajstić information content (AvgIpc) is 2.83. The molecule has 1 rings (SSSR count). The number of amides is 1. The van der Waals surface area contributed by atoms with Gasteiger partial charge in [0.2, 0.25) is 0 Å². The van der Waals surface area contributed by atoms with Crippen LogP contribution in [0.2, 0.25) is 0 Å². The molecule has 0 bridgehead atoms. The molecule has 0 aliphatic heterocycles. The van der Waals surface area contributed by atoms with Gasteiger partial charge in [0.15, 0.2) is 0 Å². The smallest absolute Gasteiger partial charge is 0.416 e. The number of aromatic nitrogens is 2. The van der Waals surface area contributed by atoms with Crippen LogP contribution in [0.1, 0.15) is 0 Å². The number of carbonyl (C=O) groups excluding carboxylic acids is 3. The van der Waals surface area contributed by atoms with Gasteiger partial charge in [-0.1, -0.05) is 0 Å². The molecule has 0 N–H and O–H groups in total. The van der Waals surface area contributed by atoms with Crippen molar-refractivity contribution in [3.05, 3.63) is 18.7 Å². The Balaban J connectivity index is 0.00000361. The van der Waals surface area contributed by atoms with Crippen LogP contribution < -0.4 is 28.5 Å². The molecular formula is C11H16IN3O5. The number of esters is 2. The van der Waals surface area contributed by atoms with Crippen molar-refractivity contribution in [2.45, 2.75) is 0 Å². The number of hydrogen-bond donors (Lipinski definition) is 0. The van der Waals surface area contributed by atoms with Crippen LogP contribution in [0.4, 0.5) is 4.79 Å². The van der Waals surface area contributed by atoms with Gasteiger partial charge in [-0.25, -0.2) is 9.36 Å². The molecule has 1 aromatic heterocycles. The van der Waals surface area contributed by atoms with E-state index in [0.717, 1.165) is 4.90 Å².